The van der Waals surface area contributed by atoms with E-state index >= 15 is 0 Å². The number of aromatic nitrogens is 1. The first kappa shape index (κ1) is 24.9. The SMILES string of the molecule is COc1cc(OC)cc(C(=O)N(CC(=O)N(Cc2ccccc2)Cc2cccn2C)C(C)C)c1. The smallest absolute Gasteiger partial charge is 0.254 e. The summed E-state index contributed by atoms with van der Waals surface area (Å²) in [6.07, 6.45) is 1.96. The maximum absolute atomic E-state index is 13.6. The number of ether oxygens (including phenoxy) is 2. The number of nitrogens with zero attached hydrogens (tertiary/aromatic N) is 3. The number of hydrogen-bond acceptors (Lipinski definition) is 4. The first-order valence-electron chi connectivity index (χ1n) is 11.3. The van der Waals surface area contributed by atoms with Gasteiger partial charge < -0.3 is 23.8 Å². The highest BCUT2D eigenvalue weighted by molar-refractivity contribution is 5.97. The zero-order valence-electron chi connectivity index (χ0n) is 20.5. The molecule has 34 heavy (non-hydrogen) atoms. The van der Waals surface area contributed by atoms with Crippen LogP contribution in [-0.4, -0.2) is 53.0 Å². The summed E-state index contributed by atoms with van der Waals surface area (Å²) in [5, 5.41) is 0. The summed E-state index contributed by atoms with van der Waals surface area (Å²) < 4.78 is 12.6. The van der Waals surface area contributed by atoms with E-state index in [1.807, 2.05) is 74.1 Å². The van der Waals surface area contributed by atoms with E-state index in [4.69, 9.17) is 9.47 Å². The van der Waals surface area contributed by atoms with Gasteiger partial charge in [-0.25, -0.2) is 0 Å². The summed E-state index contributed by atoms with van der Waals surface area (Å²) in [6.45, 7) is 4.68. The third-order valence-electron chi connectivity index (χ3n) is 5.76. The quantitative estimate of drug-likeness (QED) is 0.454. The number of benzene rings is 2. The lowest BCUT2D eigenvalue weighted by atomic mass is 10.1. The molecule has 0 atom stereocenters. The van der Waals surface area contributed by atoms with Gasteiger partial charge in [-0.3, -0.25) is 9.59 Å². The molecule has 0 aliphatic heterocycles. The number of rotatable bonds is 10. The zero-order chi connectivity index (χ0) is 24.7. The second kappa shape index (κ2) is 11.4. The molecule has 0 aliphatic rings. The van der Waals surface area contributed by atoms with Crippen molar-refractivity contribution >= 4 is 11.8 Å². The molecule has 2 amide bonds. The number of carbonyl (C=O) groups is 2. The van der Waals surface area contributed by atoms with E-state index in [1.165, 1.54) is 14.2 Å². The maximum Gasteiger partial charge on any atom is 0.254 e. The molecule has 3 aromatic rings. The minimum Gasteiger partial charge on any atom is -0.497 e. The van der Waals surface area contributed by atoms with Crippen LogP contribution < -0.4 is 9.47 Å². The van der Waals surface area contributed by atoms with Crippen molar-refractivity contribution in [1.82, 2.24) is 14.4 Å². The second-order valence-electron chi connectivity index (χ2n) is 8.47. The second-order valence-corrected chi connectivity index (χ2v) is 8.47. The average molecular weight is 464 g/mol. The lowest BCUT2D eigenvalue weighted by molar-refractivity contribution is -0.133. The van der Waals surface area contributed by atoms with Gasteiger partial charge in [-0.05, 0) is 43.7 Å². The number of amides is 2. The number of methoxy groups -OCH3 is 2. The van der Waals surface area contributed by atoms with Crippen molar-refractivity contribution in [2.24, 2.45) is 7.05 Å². The summed E-state index contributed by atoms with van der Waals surface area (Å²) in [5.74, 6) is 0.667. The Kier molecular flexibility index (Phi) is 8.35. The molecule has 0 unspecified atom stereocenters. The molecule has 1 aromatic heterocycles. The van der Waals surface area contributed by atoms with Crippen molar-refractivity contribution in [3.05, 3.63) is 83.7 Å². The number of hydrogen-bond donors (Lipinski definition) is 0. The highest BCUT2D eigenvalue weighted by Crippen LogP contribution is 2.24. The Morgan fingerprint density at radius 1 is 0.912 bits per heavy atom. The molecule has 0 radical (unpaired) electrons. The molecule has 7 heteroatoms. The molecule has 0 fully saturated rings. The van der Waals surface area contributed by atoms with Gasteiger partial charge in [0.05, 0.1) is 20.8 Å². The Balaban J connectivity index is 1.86. The molecule has 0 N–H and O–H groups in total. The van der Waals surface area contributed by atoms with Gasteiger partial charge in [0.1, 0.15) is 18.0 Å². The summed E-state index contributed by atoms with van der Waals surface area (Å²) in [7, 11) is 5.04. The summed E-state index contributed by atoms with van der Waals surface area (Å²) in [5.41, 5.74) is 2.46. The molecule has 0 saturated heterocycles. The van der Waals surface area contributed by atoms with Gasteiger partial charge in [-0.15, -0.1) is 0 Å². The van der Waals surface area contributed by atoms with Crippen LogP contribution in [0.25, 0.3) is 0 Å². The maximum atomic E-state index is 13.6. The Morgan fingerprint density at radius 2 is 1.56 bits per heavy atom. The van der Waals surface area contributed by atoms with Crippen LogP contribution in [0.1, 0.15) is 35.5 Å². The van der Waals surface area contributed by atoms with E-state index in [0.29, 0.717) is 30.2 Å². The van der Waals surface area contributed by atoms with Crippen LogP contribution in [-0.2, 0) is 24.9 Å². The van der Waals surface area contributed by atoms with Crippen LogP contribution >= 0.6 is 0 Å². The average Bonchev–Trinajstić information content (AvgIpc) is 3.25. The van der Waals surface area contributed by atoms with E-state index in [1.54, 1.807) is 28.0 Å². The molecule has 0 saturated carbocycles. The van der Waals surface area contributed by atoms with Crippen LogP contribution in [0.15, 0.2) is 66.9 Å². The predicted molar refractivity (Wildman–Crippen MR) is 132 cm³/mol. The molecule has 3 rings (SSSR count). The van der Waals surface area contributed by atoms with Gasteiger partial charge in [0.25, 0.3) is 5.91 Å². The van der Waals surface area contributed by atoms with Crippen LogP contribution in [0, 0.1) is 0 Å². The summed E-state index contributed by atoms with van der Waals surface area (Å²) in [6, 6.07) is 18.7. The molecule has 1 heterocycles. The summed E-state index contributed by atoms with van der Waals surface area (Å²) in [4.78, 5) is 30.4. The topological polar surface area (TPSA) is 64.0 Å². The van der Waals surface area contributed by atoms with Crippen LogP contribution in [0.3, 0.4) is 0 Å². The fraction of sp³-hybridized carbons (Fsp3) is 0.333. The van der Waals surface area contributed by atoms with Crippen molar-refractivity contribution < 1.29 is 19.1 Å². The lowest BCUT2D eigenvalue weighted by Gasteiger charge is -2.30. The predicted octanol–water partition coefficient (Wildman–Crippen LogP) is 4.12. The number of aryl methyl sites for hydroxylation is 1. The fourth-order valence-corrected chi connectivity index (χ4v) is 3.72. The lowest BCUT2D eigenvalue weighted by Crippen LogP contribution is -2.45. The molecular weight excluding hydrogens is 430 g/mol. The van der Waals surface area contributed by atoms with Gasteiger partial charge >= 0.3 is 0 Å². The molecule has 0 aliphatic carbocycles. The first-order valence-corrected chi connectivity index (χ1v) is 11.3. The van der Waals surface area contributed by atoms with E-state index in [-0.39, 0.29) is 24.4 Å². The fourth-order valence-electron chi connectivity index (χ4n) is 3.72. The normalized spacial score (nSPS) is 10.8. The number of carbonyl (C=O) groups excluding carboxylic acids is 2. The minimum absolute atomic E-state index is 0.0344. The molecule has 2 aromatic carbocycles. The minimum atomic E-state index is -0.251. The molecular formula is C27H33N3O4. The molecule has 7 nitrogen and oxygen atoms in total. The summed E-state index contributed by atoms with van der Waals surface area (Å²) >= 11 is 0. The zero-order valence-corrected chi connectivity index (χ0v) is 20.5. The van der Waals surface area contributed by atoms with E-state index in [9.17, 15) is 9.59 Å². The first-order chi connectivity index (χ1) is 16.3. The monoisotopic (exact) mass is 463 g/mol. The molecule has 180 valence electrons. The highest BCUT2D eigenvalue weighted by Gasteiger charge is 2.26. The Labute approximate surface area is 201 Å². The van der Waals surface area contributed by atoms with Gasteiger partial charge in [0.15, 0.2) is 0 Å². The Bertz CT molecular complexity index is 1090. The van der Waals surface area contributed by atoms with Gasteiger partial charge in [0.2, 0.25) is 5.91 Å². The van der Waals surface area contributed by atoms with Gasteiger partial charge in [-0.1, -0.05) is 30.3 Å². The Hall–Kier alpha value is -3.74. The van der Waals surface area contributed by atoms with E-state index < -0.39 is 0 Å². The third-order valence-corrected chi connectivity index (χ3v) is 5.76. The van der Waals surface area contributed by atoms with Gasteiger partial charge in [0, 0.05) is 43.2 Å². The van der Waals surface area contributed by atoms with Crippen LogP contribution in [0.4, 0.5) is 0 Å². The molecule has 0 bridgehead atoms. The third kappa shape index (κ3) is 6.19. The van der Waals surface area contributed by atoms with Crippen molar-refractivity contribution in [3.63, 3.8) is 0 Å². The standard InChI is InChI=1S/C27H33N3O4/c1-20(2)30(27(32)22-14-24(33-4)16-25(15-22)34-5)19-26(31)29(17-21-10-7-6-8-11-21)18-23-12-9-13-28(23)3/h6-16,20H,17-19H2,1-5H3. The van der Waals surface area contributed by atoms with Crippen molar-refractivity contribution in [1.29, 1.82) is 0 Å². The van der Waals surface area contributed by atoms with Crippen LogP contribution in [0.2, 0.25) is 0 Å². The largest absolute Gasteiger partial charge is 0.497 e. The van der Waals surface area contributed by atoms with Crippen molar-refractivity contribution in [2.75, 3.05) is 20.8 Å². The Morgan fingerprint density at radius 3 is 2.09 bits per heavy atom. The highest BCUT2D eigenvalue weighted by atomic mass is 16.5. The van der Waals surface area contributed by atoms with Crippen molar-refractivity contribution in [3.8, 4) is 11.5 Å². The van der Waals surface area contributed by atoms with E-state index in [0.717, 1.165) is 11.3 Å². The molecule has 0 spiro atoms. The van der Waals surface area contributed by atoms with E-state index in [2.05, 4.69) is 0 Å². The van der Waals surface area contributed by atoms with Crippen LogP contribution in [0.5, 0.6) is 11.5 Å². The van der Waals surface area contributed by atoms with Gasteiger partial charge in [-0.2, -0.15) is 0 Å². The van der Waals surface area contributed by atoms with Crippen molar-refractivity contribution in [2.45, 2.75) is 33.0 Å².